The number of piperazine rings is 1. The Morgan fingerprint density at radius 2 is 2.00 bits per heavy atom. The average Bonchev–Trinajstić information content (AvgIpc) is 2.93. The highest BCUT2D eigenvalue weighted by molar-refractivity contribution is 7.91. The Bertz CT molecular complexity index is 702. The van der Waals surface area contributed by atoms with E-state index >= 15 is 0 Å². The van der Waals surface area contributed by atoms with Crippen LogP contribution in [0.4, 0.5) is 0 Å². The van der Waals surface area contributed by atoms with E-state index in [9.17, 15) is 13.2 Å². The fourth-order valence-electron chi connectivity index (χ4n) is 3.19. The lowest BCUT2D eigenvalue weighted by Crippen LogP contribution is -2.53. The van der Waals surface area contributed by atoms with Gasteiger partial charge in [0.1, 0.15) is 5.75 Å². The van der Waals surface area contributed by atoms with Gasteiger partial charge in [-0.25, -0.2) is 8.42 Å². The van der Waals surface area contributed by atoms with E-state index in [0.717, 1.165) is 0 Å². The Morgan fingerprint density at radius 1 is 1.25 bits per heavy atom. The van der Waals surface area contributed by atoms with E-state index in [1.54, 1.807) is 29.2 Å². The molecule has 1 atom stereocenters. The number of carbonyl (C=O) groups excluding carboxylic acids is 1. The zero-order valence-electron chi connectivity index (χ0n) is 13.4. The molecule has 1 aromatic carbocycles. The highest BCUT2D eigenvalue weighted by atomic mass is 35.5. The summed E-state index contributed by atoms with van der Waals surface area (Å²) < 4.78 is 28.7. The molecule has 8 heteroatoms. The number of rotatable bonds is 4. The van der Waals surface area contributed by atoms with Gasteiger partial charge in [-0.15, -0.1) is 0 Å². The quantitative estimate of drug-likeness (QED) is 0.790. The van der Waals surface area contributed by atoms with Gasteiger partial charge < -0.3 is 9.64 Å². The number of hydrogen-bond donors (Lipinski definition) is 0. The predicted octanol–water partition coefficient (Wildman–Crippen LogP) is 1.05. The van der Waals surface area contributed by atoms with E-state index in [4.69, 9.17) is 16.3 Å². The summed E-state index contributed by atoms with van der Waals surface area (Å²) in [6, 6.07) is 7.06. The van der Waals surface area contributed by atoms with Crippen LogP contribution in [0.1, 0.15) is 6.42 Å². The van der Waals surface area contributed by atoms with Crippen molar-refractivity contribution >= 4 is 27.3 Å². The van der Waals surface area contributed by atoms with Crippen molar-refractivity contribution in [3.05, 3.63) is 29.3 Å². The summed E-state index contributed by atoms with van der Waals surface area (Å²) in [7, 11) is -2.87. The Kier molecular flexibility index (Phi) is 5.32. The molecule has 0 N–H and O–H groups in total. The molecule has 132 valence electrons. The van der Waals surface area contributed by atoms with Gasteiger partial charge in [0.2, 0.25) is 0 Å². The van der Waals surface area contributed by atoms with Crippen LogP contribution in [-0.2, 0) is 14.6 Å². The van der Waals surface area contributed by atoms with E-state index in [-0.39, 0.29) is 30.1 Å². The first-order chi connectivity index (χ1) is 11.4. The number of sulfone groups is 1. The highest BCUT2D eigenvalue weighted by Gasteiger charge is 2.34. The van der Waals surface area contributed by atoms with Crippen LogP contribution in [0.3, 0.4) is 0 Å². The third-order valence-electron chi connectivity index (χ3n) is 4.55. The van der Waals surface area contributed by atoms with Crippen LogP contribution in [-0.4, -0.2) is 74.5 Å². The number of ether oxygens (including phenoxy) is 1. The molecule has 0 spiro atoms. The summed E-state index contributed by atoms with van der Waals surface area (Å²) in [5, 5.41) is 0.570. The number of benzene rings is 1. The fourth-order valence-corrected chi connectivity index (χ4v) is 5.13. The third-order valence-corrected chi connectivity index (χ3v) is 6.54. The first-order valence-corrected chi connectivity index (χ1v) is 10.2. The number of carbonyl (C=O) groups is 1. The summed E-state index contributed by atoms with van der Waals surface area (Å²) in [6.45, 7) is 2.62. The molecule has 2 aliphatic rings. The maximum absolute atomic E-state index is 12.2. The van der Waals surface area contributed by atoms with Crippen molar-refractivity contribution in [1.82, 2.24) is 9.80 Å². The first-order valence-electron chi connectivity index (χ1n) is 8.03. The summed E-state index contributed by atoms with van der Waals surface area (Å²) in [5.41, 5.74) is 0. The Balaban J connectivity index is 1.45. The molecule has 0 aromatic heterocycles. The summed E-state index contributed by atoms with van der Waals surface area (Å²) in [4.78, 5) is 16.2. The summed E-state index contributed by atoms with van der Waals surface area (Å²) in [6.07, 6.45) is 0.703. The fraction of sp³-hybridized carbons (Fsp3) is 0.562. The minimum Gasteiger partial charge on any atom is -0.484 e. The maximum atomic E-state index is 12.2. The minimum absolute atomic E-state index is 0.0157. The number of hydrogen-bond acceptors (Lipinski definition) is 5. The molecule has 24 heavy (non-hydrogen) atoms. The lowest BCUT2D eigenvalue weighted by atomic mass is 10.2. The van der Waals surface area contributed by atoms with Gasteiger partial charge >= 0.3 is 0 Å². The van der Waals surface area contributed by atoms with Crippen molar-refractivity contribution in [3.63, 3.8) is 0 Å². The van der Waals surface area contributed by atoms with Crippen LogP contribution in [0.25, 0.3) is 0 Å². The molecule has 2 aliphatic heterocycles. The van der Waals surface area contributed by atoms with E-state index in [1.807, 2.05) is 0 Å². The van der Waals surface area contributed by atoms with Crippen LogP contribution < -0.4 is 4.74 Å². The molecule has 0 unspecified atom stereocenters. The van der Waals surface area contributed by atoms with E-state index in [2.05, 4.69) is 4.90 Å². The molecule has 0 bridgehead atoms. The monoisotopic (exact) mass is 372 g/mol. The van der Waals surface area contributed by atoms with Crippen molar-refractivity contribution in [2.24, 2.45) is 0 Å². The van der Waals surface area contributed by atoms with Crippen LogP contribution in [0.2, 0.25) is 5.02 Å². The topological polar surface area (TPSA) is 66.9 Å². The molecule has 2 saturated heterocycles. The molecular weight excluding hydrogens is 352 g/mol. The maximum Gasteiger partial charge on any atom is 0.260 e. The predicted molar refractivity (Wildman–Crippen MR) is 92.2 cm³/mol. The van der Waals surface area contributed by atoms with Crippen LogP contribution in [0.15, 0.2) is 24.3 Å². The zero-order chi connectivity index (χ0) is 17.2. The van der Waals surface area contributed by atoms with Crippen molar-refractivity contribution in [2.45, 2.75) is 12.5 Å². The standard InChI is InChI=1S/C16H21ClN2O4S/c17-13-2-1-3-15(10-13)23-11-16(20)19-7-5-18(6-8-19)14-4-9-24(21,22)12-14/h1-3,10,14H,4-9,11-12H2/t14-/m1/s1. The SMILES string of the molecule is O=C(COc1cccc(Cl)c1)N1CCN([C@@H]2CCS(=O)(=O)C2)CC1. The minimum atomic E-state index is -2.87. The molecule has 3 rings (SSSR count). The van der Waals surface area contributed by atoms with Gasteiger partial charge in [0.25, 0.3) is 5.91 Å². The van der Waals surface area contributed by atoms with Crippen molar-refractivity contribution in [1.29, 1.82) is 0 Å². The number of halogens is 1. The van der Waals surface area contributed by atoms with Gasteiger partial charge in [-0.05, 0) is 24.6 Å². The molecule has 0 radical (unpaired) electrons. The van der Waals surface area contributed by atoms with Crippen molar-refractivity contribution in [3.8, 4) is 5.75 Å². The summed E-state index contributed by atoms with van der Waals surface area (Å²) in [5.74, 6) is 1.04. The molecule has 1 aromatic rings. The molecular formula is C16H21ClN2O4S. The number of nitrogens with zero attached hydrogens (tertiary/aromatic N) is 2. The smallest absolute Gasteiger partial charge is 0.260 e. The van der Waals surface area contributed by atoms with E-state index in [1.165, 1.54) is 0 Å². The largest absolute Gasteiger partial charge is 0.484 e. The highest BCUT2D eigenvalue weighted by Crippen LogP contribution is 2.20. The van der Waals surface area contributed by atoms with Gasteiger partial charge in [-0.1, -0.05) is 17.7 Å². The molecule has 0 saturated carbocycles. The van der Waals surface area contributed by atoms with E-state index < -0.39 is 9.84 Å². The second-order valence-corrected chi connectivity index (χ2v) is 8.88. The Hall–Kier alpha value is -1.31. The van der Waals surface area contributed by atoms with Crippen LogP contribution in [0.5, 0.6) is 5.75 Å². The third kappa shape index (κ3) is 4.40. The lowest BCUT2D eigenvalue weighted by Gasteiger charge is -2.37. The summed E-state index contributed by atoms with van der Waals surface area (Å²) >= 11 is 5.88. The zero-order valence-corrected chi connectivity index (χ0v) is 14.9. The lowest BCUT2D eigenvalue weighted by molar-refractivity contribution is -0.135. The molecule has 1 amide bonds. The average molecular weight is 373 g/mol. The molecule has 2 heterocycles. The van der Waals surface area contributed by atoms with Gasteiger partial charge in [0, 0.05) is 37.2 Å². The van der Waals surface area contributed by atoms with Gasteiger partial charge in [-0.3, -0.25) is 9.69 Å². The Morgan fingerprint density at radius 3 is 2.62 bits per heavy atom. The van der Waals surface area contributed by atoms with Crippen molar-refractivity contribution in [2.75, 3.05) is 44.3 Å². The van der Waals surface area contributed by atoms with Gasteiger partial charge in [0.15, 0.2) is 16.4 Å². The number of amides is 1. The van der Waals surface area contributed by atoms with Crippen molar-refractivity contribution < 1.29 is 17.9 Å². The Labute approximate surface area is 147 Å². The van der Waals surface area contributed by atoms with Crippen LogP contribution >= 0.6 is 11.6 Å². The van der Waals surface area contributed by atoms with E-state index in [0.29, 0.717) is 43.4 Å². The molecule has 6 nitrogen and oxygen atoms in total. The van der Waals surface area contributed by atoms with Gasteiger partial charge in [-0.2, -0.15) is 0 Å². The molecule has 2 fully saturated rings. The first kappa shape index (κ1) is 17.5. The van der Waals surface area contributed by atoms with Gasteiger partial charge in [0.05, 0.1) is 11.5 Å². The second kappa shape index (κ2) is 7.29. The molecule has 0 aliphatic carbocycles. The van der Waals surface area contributed by atoms with Crippen LogP contribution in [0, 0.1) is 0 Å². The normalized spacial score (nSPS) is 24.0. The second-order valence-electron chi connectivity index (χ2n) is 6.22.